The molecule has 0 unspecified atom stereocenters. The van der Waals surface area contributed by atoms with Gasteiger partial charge in [0.25, 0.3) is 5.91 Å². The van der Waals surface area contributed by atoms with E-state index in [1.165, 1.54) is 0 Å². The van der Waals surface area contributed by atoms with Gasteiger partial charge in [-0.1, -0.05) is 12.1 Å². The van der Waals surface area contributed by atoms with Crippen molar-refractivity contribution in [2.24, 2.45) is 0 Å². The number of nitrogens with one attached hydrogen (secondary N) is 1. The first-order chi connectivity index (χ1) is 13.2. The molecule has 0 aliphatic heterocycles. The fourth-order valence-electron chi connectivity index (χ4n) is 2.68. The van der Waals surface area contributed by atoms with E-state index >= 15 is 0 Å². The second kappa shape index (κ2) is 7.38. The minimum Gasteiger partial charge on any atom is -0.489 e. The molecule has 0 radical (unpaired) electrons. The molecule has 0 saturated heterocycles. The predicted molar refractivity (Wildman–Crippen MR) is 100 cm³/mol. The van der Waals surface area contributed by atoms with Crippen molar-refractivity contribution in [3.05, 3.63) is 60.7 Å². The lowest BCUT2D eigenvalue weighted by atomic mass is 10.3. The van der Waals surface area contributed by atoms with Gasteiger partial charge in [0.15, 0.2) is 0 Å². The largest absolute Gasteiger partial charge is 0.489 e. The summed E-state index contributed by atoms with van der Waals surface area (Å²) >= 11 is 0. The van der Waals surface area contributed by atoms with Crippen LogP contribution in [0.1, 0.15) is 10.5 Å². The molecular weight excluding hydrogens is 346 g/mol. The van der Waals surface area contributed by atoms with Crippen molar-refractivity contribution in [1.82, 2.24) is 19.4 Å². The molecule has 8 nitrogen and oxygen atoms in total. The molecule has 0 atom stereocenters. The number of carbonyl (C=O) groups excluding carboxylic acids is 1. The number of para-hydroxylation sites is 2. The number of anilines is 1. The number of imidazole rings is 1. The van der Waals surface area contributed by atoms with Gasteiger partial charge in [0, 0.05) is 19.4 Å². The maximum absolute atomic E-state index is 12.5. The van der Waals surface area contributed by atoms with E-state index in [4.69, 9.17) is 9.47 Å². The van der Waals surface area contributed by atoms with Gasteiger partial charge in [0.05, 0.1) is 35.7 Å². The molecular formula is C19H17N5O3. The van der Waals surface area contributed by atoms with E-state index in [1.54, 1.807) is 37.8 Å². The van der Waals surface area contributed by atoms with Gasteiger partial charge in [-0.2, -0.15) is 0 Å². The molecule has 4 aromatic rings. The molecule has 8 heteroatoms. The van der Waals surface area contributed by atoms with Gasteiger partial charge in [0.1, 0.15) is 18.1 Å². The van der Waals surface area contributed by atoms with Crippen LogP contribution < -0.4 is 10.1 Å². The highest BCUT2D eigenvalue weighted by atomic mass is 16.5. The topological polar surface area (TPSA) is 90.6 Å². The minimum atomic E-state index is -0.347. The molecule has 0 bridgehead atoms. The summed E-state index contributed by atoms with van der Waals surface area (Å²) in [5.74, 6) is 0.673. The van der Waals surface area contributed by atoms with Gasteiger partial charge in [0.2, 0.25) is 5.78 Å². The summed E-state index contributed by atoms with van der Waals surface area (Å²) in [6, 6.07) is 11.1. The maximum Gasteiger partial charge on any atom is 0.274 e. The van der Waals surface area contributed by atoms with Crippen LogP contribution in [0.25, 0.3) is 16.8 Å². The Bertz CT molecular complexity index is 1110. The summed E-state index contributed by atoms with van der Waals surface area (Å²) < 4.78 is 12.3. The Kier molecular flexibility index (Phi) is 4.63. The van der Waals surface area contributed by atoms with Crippen molar-refractivity contribution < 1.29 is 14.3 Å². The third-order valence-electron chi connectivity index (χ3n) is 3.94. The average Bonchev–Trinajstić information content (AvgIpc) is 3.06. The number of nitrogens with zero attached hydrogens (tertiary/aromatic N) is 4. The highest BCUT2D eigenvalue weighted by Gasteiger charge is 2.12. The number of ether oxygens (including phenoxy) is 2. The highest BCUT2D eigenvalue weighted by molar-refractivity contribution is 6.03. The first-order valence-electron chi connectivity index (χ1n) is 8.36. The Morgan fingerprint density at radius 1 is 1.15 bits per heavy atom. The van der Waals surface area contributed by atoms with Gasteiger partial charge in [-0.25, -0.2) is 9.97 Å². The number of methoxy groups -OCH3 is 1. The third-order valence-corrected chi connectivity index (χ3v) is 3.94. The lowest BCUT2D eigenvalue weighted by Gasteiger charge is -2.08. The lowest BCUT2D eigenvalue weighted by Crippen LogP contribution is -2.14. The monoisotopic (exact) mass is 363 g/mol. The number of rotatable bonds is 6. The summed E-state index contributed by atoms with van der Waals surface area (Å²) in [4.78, 5) is 25.4. The first-order valence-corrected chi connectivity index (χ1v) is 8.36. The Morgan fingerprint density at radius 2 is 2.04 bits per heavy atom. The molecule has 27 heavy (non-hydrogen) atoms. The van der Waals surface area contributed by atoms with Crippen LogP contribution in [-0.4, -0.2) is 45.6 Å². The number of carbonyl (C=O) groups is 1. The van der Waals surface area contributed by atoms with E-state index in [0.29, 0.717) is 30.4 Å². The molecule has 0 spiro atoms. The zero-order valence-corrected chi connectivity index (χ0v) is 14.6. The molecule has 1 N–H and O–H groups in total. The van der Waals surface area contributed by atoms with Crippen LogP contribution in [0.5, 0.6) is 5.75 Å². The number of amides is 1. The molecule has 0 saturated carbocycles. The smallest absolute Gasteiger partial charge is 0.274 e. The van der Waals surface area contributed by atoms with Crippen molar-refractivity contribution in [1.29, 1.82) is 0 Å². The molecule has 1 aromatic carbocycles. The Morgan fingerprint density at radius 3 is 2.93 bits per heavy atom. The molecule has 0 aliphatic rings. The minimum absolute atomic E-state index is 0.267. The zero-order valence-electron chi connectivity index (χ0n) is 14.6. The molecule has 4 rings (SSSR count). The number of pyridine rings is 1. The predicted octanol–water partition coefficient (Wildman–Crippen LogP) is 2.56. The van der Waals surface area contributed by atoms with Crippen LogP contribution in [0.2, 0.25) is 0 Å². The van der Waals surface area contributed by atoms with Gasteiger partial charge in [-0.05, 0) is 18.2 Å². The summed E-state index contributed by atoms with van der Waals surface area (Å²) in [5, 5.41) is 2.78. The van der Waals surface area contributed by atoms with Crippen molar-refractivity contribution >= 4 is 28.4 Å². The van der Waals surface area contributed by atoms with Crippen LogP contribution in [0, 0.1) is 0 Å². The van der Waals surface area contributed by atoms with E-state index in [1.807, 2.05) is 28.7 Å². The number of fused-ring (bicyclic) bond motifs is 3. The molecule has 0 aliphatic carbocycles. The van der Waals surface area contributed by atoms with Crippen LogP contribution in [-0.2, 0) is 4.74 Å². The fraction of sp³-hybridized carbons (Fsp3) is 0.158. The number of aromatic nitrogens is 4. The Labute approximate surface area is 154 Å². The number of hydrogen-bond donors (Lipinski definition) is 1. The molecule has 3 heterocycles. The SMILES string of the molecule is COCCOc1cncc(NC(=O)c2ccn3c(n2)nc2ccccc23)c1. The second-order valence-electron chi connectivity index (χ2n) is 5.79. The number of hydrogen-bond acceptors (Lipinski definition) is 6. The van der Waals surface area contributed by atoms with E-state index in [2.05, 4.69) is 20.3 Å². The van der Waals surface area contributed by atoms with Gasteiger partial charge in [-0.15, -0.1) is 0 Å². The molecule has 136 valence electrons. The van der Waals surface area contributed by atoms with Crippen molar-refractivity contribution in [3.63, 3.8) is 0 Å². The van der Waals surface area contributed by atoms with Gasteiger partial charge < -0.3 is 14.8 Å². The van der Waals surface area contributed by atoms with Gasteiger partial charge in [-0.3, -0.25) is 14.2 Å². The van der Waals surface area contributed by atoms with Crippen LogP contribution in [0.3, 0.4) is 0 Å². The summed E-state index contributed by atoms with van der Waals surface area (Å²) in [5.41, 5.74) is 2.55. The average molecular weight is 363 g/mol. The first kappa shape index (κ1) is 16.9. The second-order valence-corrected chi connectivity index (χ2v) is 5.79. The van der Waals surface area contributed by atoms with E-state index in [-0.39, 0.29) is 11.6 Å². The van der Waals surface area contributed by atoms with Crippen molar-refractivity contribution in [2.75, 3.05) is 25.6 Å². The molecule has 1 amide bonds. The molecule has 0 fully saturated rings. The summed E-state index contributed by atoms with van der Waals surface area (Å²) in [7, 11) is 1.60. The van der Waals surface area contributed by atoms with Crippen LogP contribution in [0.4, 0.5) is 5.69 Å². The Balaban J connectivity index is 1.54. The standard InChI is InChI=1S/C19H17N5O3/c1-26-8-9-27-14-10-13(11-20-12-14)21-18(25)16-6-7-24-17-5-3-2-4-15(17)22-19(24)23-16/h2-7,10-12H,8-9H2,1H3,(H,21,25). The van der Waals surface area contributed by atoms with Crippen LogP contribution in [0.15, 0.2) is 55.0 Å². The fourth-order valence-corrected chi connectivity index (χ4v) is 2.68. The van der Waals surface area contributed by atoms with Crippen molar-refractivity contribution in [3.8, 4) is 5.75 Å². The maximum atomic E-state index is 12.5. The zero-order chi connectivity index (χ0) is 18.6. The summed E-state index contributed by atoms with van der Waals surface area (Å²) in [6.45, 7) is 0.875. The highest BCUT2D eigenvalue weighted by Crippen LogP contribution is 2.17. The quantitative estimate of drug-likeness (QED) is 0.530. The normalized spacial score (nSPS) is 11.0. The lowest BCUT2D eigenvalue weighted by molar-refractivity contribution is 0.102. The number of benzene rings is 1. The van der Waals surface area contributed by atoms with Gasteiger partial charge >= 0.3 is 0 Å². The molecule has 3 aromatic heterocycles. The van der Waals surface area contributed by atoms with E-state index in [9.17, 15) is 4.79 Å². The van der Waals surface area contributed by atoms with E-state index < -0.39 is 0 Å². The van der Waals surface area contributed by atoms with E-state index in [0.717, 1.165) is 11.0 Å². The summed E-state index contributed by atoms with van der Waals surface area (Å²) in [6.07, 6.45) is 4.91. The Hall–Kier alpha value is -3.52. The van der Waals surface area contributed by atoms with Crippen LogP contribution >= 0.6 is 0 Å². The van der Waals surface area contributed by atoms with Crippen molar-refractivity contribution in [2.45, 2.75) is 0 Å². The third kappa shape index (κ3) is 3.56.